The van der Waals surface area contributed by atoms with Crippen LogP contribution in [0.5, 0.6) is 0 Å². The molecule has 3 nitrogen and oxygen atoms in total. The molecule has 1 aromatic carbocycles. The summed E-state index contributed by atoms with van der Waals surface area (Å²) in [6, 6.07) is 7.49. The minimum absolute atomic E-state index is 0.00900. The molecule has 0 saturated heterocycles. The largest absolute Gasteiger partial charge is 0.322 e. The SMILES string of the molecule is CC(C)C(C)N(CC1CC2C=CC1C2)C(=O)Nc1ccc(Cl)cc1. The van der Waals surface area contributed by atoms with E-state index in [1.165, 1.54) is 12.8 Å². The Morgan fingerprint density at radius 3 is 2.46 bits per heavy atom. The van der Waals surface area contributed by atoms with Gasteiger partial charge in [-0.1, -0.05) is 37.6 Å². The van der Waals surface area contributed by atoms with E-state index >= 15 is 0 Å². The smallest absolute Gasteiger partial charge is 0.321 e. The predicted molar refractivity (Wildman–Crippen MR) is 100 cm³/mol. The van der Waals surface area contributed by atoms with Gasteiger partial charge in [0.25, 0.3) is 0 Å². The first-order valence-corrected chi connectivity index (χ1v) is 9.33. The number of rotatable bonds is 5. The Bertz CT molecular complexity index is 611. The molecule has 3 rings (SSSR count). The number of nitrogens with zero attached hydrogens (tertiary/aromatic N) is 1. The summed E-state index contributed by atoms with van der Waals surface area (Å²) in [7, 11) is 0. The van der Waals surface area contributed by atoms with Crippen LogP contribution in [0, 0.1) is 23.7 Å². The number of urea groups is 1. The molecule has 130 valence electrons. The van der Waals surface area contributed by atoms with Gasteiger partial charge in [0.15, 0.2) is 0 Å². The maximum absolute atomic E-state index is 12.9. The highest BCUT2D eigenvalue weighted by Crippen LogP contribution is 2.44. The monoisotopic (exact) mass is 346 g/mol. The lowest BCUT2D eigenvalue weighted by atomic mass is 9.92. The van der Waals surface area contributed by atoms with Gasteiger partial charge < -0.3 is 10.2 Å². The van der Waals surface area contributed by atoms with Gasteiger partial charge in [-0.3, -0.25) is 0 Å². The minimum Gasteiger partial charge on any atom is -0.321 e. The molecule has 2 amide bonds. The third kappa shape index (κ3) is 3.77. The number of halogens is 1. The molecule has 2 aliphatic rings. The molecule has 4 heteroatoms. The van der Waals surface area contributed by atoms with Gasteiger partial charge in [0.05, 0.1) is 0 Å². The minimum atomic E-state index is -0.00900. The summed E-state index contributed by atoms with van der Waals surface area (Å²) in [6.07, 6.45) is 7.20. The summed E-state index contributed by atoms with van der Waals surface area (Å²) >= 11 is 5.92. The van der Waals surface area contributed by atoms with E-state index in [2.05, 4.69) is 38.2 Å². The van der Waals surface area contributed by atoms with Gasteiger partial charge in [-0.2, -0.15) is 0 Å². The molecule has 0 aromatic heterocycles. The number of amides is 2. The fraction of sp³-hybridized carbons (Fsp3) is 0.550. The zero-order valence-corrected chi connectivity index (χ0v) is 15.5. The fourth-order valence-electron chi connectivity index (χ4n) is 3.88. The summed E-state index contributed by atoms with van der Waals surface area (Å²) in [5.74, 6) is 2.41. The highest BCUT2D eigenvalue weighted by molar-refractivity contribution is 6.30. The van der Waals surface area contributed by atoms with E-state index in [1.807, 2.05) is 17.0 Å². The number of carbonyl (C=O) groups is 1. The molecular weight excluding hydrogens is 320 g/mol. The number of hydrogen-bond donors (Lipinski definition) is 1. The predicted octanol–water partition coefficient (Wildman–Crippen LogP) is 5.43. The molecule has 0 heterocycles. The van der Waals surface area contributed by atoms with Crippen LogP contribution in [0.15, 0.2) is 36.4 Å². The number of fused-ring (bicyclic) bond motifs is 2. The van der Waals surface area contributed by atoms with Gasteiger partial charge >= 0.3 is 6.03 Å². The molecule has 0 spiro atoms. The second kappa shape index (κ2) is 7.18. The number of anilines is 1. The Kier molecular flexibility index (Phi) is 5.19. The van der Waals surface area contributed by atoms with Crippen molar-refractivity contribution >= 4 is 23.3 Å². The van der Waals surface area contributed by atoms with E-state index in [0.29, 0.717) is 22.8 Å². The molecule has 2 bridgehead atoms. The normalized spacial score (nSPS) is 26.0. The van der Waals surface area contributed by atoms with Gasteiger partial charge in [0.2, 0.25) is 0 Å². The molecule has 2 aliphatic carbocycles. The van der Waals surface area contributed by atoms with Crippen LogP contribution in [-0.2, 0) is 0 Å². The maximum atomic E-state index is 12.9. The third-order valence-corrected chi connectivity index (χ3v) is 5.91. The zero-order valence-electron chi connectivity index (χ0n) is 14.7. The molecule has 1 aromatic rings. The first-order valence-electron chi connectivity index (χ1n) is 8.95. The van der Waals surface area contributed by atoms with Crippen LogP contribution < -0.4 is 5.32 Å². The van der Waals surface area contributed by atoms with Crippen molar-refractivity contribution in [3.63, 3.8) is 0 Å². The second-order valence-corrected chi connectivity index (χ2v) is 8.05. The first kappa shape index (κ1) is 17.3. The number of hydrogen-bond acceptors (Lipinski definition) is 1. The number of nitrogens with one attached hydrogen (secondary N) is 1. The van der Waals surface area contributed by atoms with Crippen LogP contribution >= 0.6 is 11.6 Å². The van der Waals surface area contributed by atoms with Crippen LogP contribution in [0.4, 0.5) is 10.5 Å². The van der Waals surface area contributed by atoms with E-state index in [1.54, 1.807) is 12.1 Å². The third-order valence-electron chi connectivity index (χ3n) is 5.66. The fourth-order valence-corrected chi connectivity index (χ4v) is 4.01. The average Bonchev–Trinajstić information content (AvgIpc) is 3.16. The standard InChI is InChI=1S/C20H27ClN2O/c1-13(2)14(3)23(12-17-11-15-4-5-16(17)10-15)20(24)22-19-8-6-18(21)7-9-19/h4-9,13-17H,10-12H2,1-3H3,(H,22,24). The molecule has 4 atom stereocenters. The molecule has 1 saturated carbocycles. The second-order valence-electron chi connectivity index (χ2n) is 7.61. The molecule has 0 aliphatic heterocycles. The summed E-state index contributed by atoms with van der Waals surface area (Å²) in [4.78, 5) is 14.9. The number of benzene rings is 1. The van der Waals surface area contributed by atoms with Crippen molar-refractivity contribution in [3.8, 4) is 0 Å². The zero-order chi connectivity index (χ0) is 17.3. The summed E-state index contributed by atoms with van der Waals surface area (Å²) in [5, 5.41) is 3.71. The highest BCUT2D eigenvalue weighted by Gasteiger charge is 2.38. The average molecular weight is 347 g/mol. The van der Waals surface area contributed by atoms with Crippen molar-refractivity contribution in [1.82, 2.24) is 4.90 Å². The van der Waals surface area contributed by atoms with Crippen LogP contribution in [-0.4, -0.2) is 23.5 Å². The Labute approximate surface area is 150 Å². The lowest BCUT2D eigenvalue weighted by Crippen LogP contribution is -2.46. The molecule has 1 fully saturated rings. The van der Waals surface area contributed by atoms with Gasteiger partial charge in [0.1, 0.15) is 0 Å². The molecule has 0 radical (unpaired) electrons. The van der Waals surface area contributed by atoms with Crippen LogP contribution in [0.1, 0.15) is 33.6 Å². The van der Waals surface area contributed by atoms with E-state index in [4.69, 9.17) is 11.6 Å². The van der Waals surface area contributed by atoms with Gasteiger partial charge in [0, 0.05) is 23.3 Å². The van der Waals surface area contributed by atoms with Crippen molar-refractivity contribution in [2.45, 2.75) is 39.7 Å². The van der Waals surface area contributed by atoms with Gasteiger partial charge in [-0.05, 0) is 67.7 Å². The number of allylic oxidation sites excluding steroid dienone is 2. The van der Waals surface area contributed by atoms with Crippen molar-refractivity contribution in [2.24, 2.45) is 23.7 Å². The van der Waals surface area contributed by atoms with Gasteiger partial charge in [-0.15, -0.1) is 0 Å². The first-order chi connectivity index (χ1) is 11.4. The molecule has 24 heavy (non-hydrogen) atoms. The summed E-state index contributed by atoms with van der Waals surface area (Å²) < 4.78 is 0. The topological polar surface area (TPSA) is 32.3 Å². The lowest BCUT2D eigenvalue weighted by Gasteiger charge is -2.35. The van der Waals surface area contributed by atoms with Crippen molar-refractivity contribution < 1.29 is 4.79 Å². The van der Waals surface area contributed by atoms with E-state index in [9.17, 15) is 4.79 Å². The lowest BCUT2D eigenvalue weighted by molar-refractivity contribution is 0.154. The van der Waals surface area contributed by atoms with E-state index in [-0.39, 0.29) is 12.1 Å². The van der Waals surface area contributed by atoms with E-state index in [0.717, 1.165) is 18.2 Å². The molecule has 4 unspecified atom stereocenters. The molecular formula is C20H27ClN2O. The van der Waals surface area contributed by atoms with Crippen LogP contribution in [0.2, 0.25) is 5.02 Å². The van der Waals surface area contributed by atoms with E-state index < -0.39 is 0 Å². The van der Waals surface area contributed by atoms with Crippen molar-refractivity contribution in [1.29, 1.82) is 0 Å². The Morgan fingerprint density at radius 1 is 1.21 bits per heavy atom. The molecule has 1 N–H and O–H groups in total. The van der Waals surface area contributed by atoms with Crippen LogP contribution in [0.25, 0.3) is 0 Å². The maximum Gasteiger partial charge on any atom is 0.322 e. The van der Waals surface area contributed by atoms with Gasteiger partial charge in [-0.25, -0.2) is 4.79 Å². The number of carbonyl (C=O) groups excluding carboxylic acids is 1. The Morgan fingerprint density at radius 2 is 1.92 bits per heavy atom. The van der Waals surface area contributed by atoms with Crippen LogP contribution in [0.3, 0.4) is 0 Å². The highest BCUT2D eigenvalue weighted by atomic mass is 35.5. The Balaban J connectivity index is 1.70. The summed E-state index contributed by atoms with van der Waals surface area (Å²) in [5.41, 5.74) is 0.790. The Hall–Kier alpha value is -1.48. The quantitative estimate of drug-likeness (QED) is 0.708. The van der Waals surface area contributed by atoms with Crippen molar-refractivity contribution in [2.75, 3.05) is 11.9 Å². The van der Waals surface area contributed by atoms with Crippen molar-refractivity contribution in [3.05, 3.63) is 41.4 Å². The summed E-state index contributed by atoms with van der Waals surface area (Å²) in [6.45, 7) is 7.33.